The van der Waals surface area contributed by atoms with Crippen molar-refractivity contribution in [2.24, 2.45) is 0 Å². The van der Waals surface area contributed by atoms with Crippen LogP contribution in [0.15, 0.2) is 0 Å². The number of nitrogens with zero attached hydrogens (tertiary/aromatic N) is 1. The fourth-order valence-corrected chi connectivity index (χ4v) is 1.99. The van der Waals surface area contributed by atoms with Gasteiger partial charge in [0.05, 0.1) is 19.8 Å². The summed E-state index contributed by atoms with van der Waals surface area (Å²) in [6.07, 6.45) is 2.34. The summed E-state index contributed by atoms with van der Waals surface area (Å²) in [7, 11) is 0. The highest BCUT2D eigenvalue weighted by molar-refractivity contribution is 5.71. The van der Waals surface area contributed by atoms with E-state index in [0.717, 1.165) is 19.5 Å². The maximum atomic E-state index is 11.3. The van der Waals surface area contributed by atoms with Gasteiger partial charge in [-0.1, -0.05) is 0 Å². The summed E-state index contributed by atoms with van der Waals surface area (Å²) in [5.41, 5.74) is 0. The number of hydrogen-bond donors (Lipinski definition) is 2. The number of aliphatic hydroxyl groups is 1. The van der Waals surface area contributed by atoms with E-state index in [9.17, 15) is 4.79 Å². The molecule has 1 unspecified atom stereocenters. The fraction of sp³-hybridized carbons (Fsp3) is 0.909. The van der Waals surface area contributed by atoms with Crippen molar-refractivity contribution in [2.75, 3.05) is 39.4 Å². The van der Waals surface area contributed by atoms with Crippen LogP contribution in [0, 0.1) is 0 Å². The monoisotopic (exact) mass is 230 g/mol. The van der Waals surface area contributed by atoms with Crippen LogP contribution in [-0.2, 0) is 9.53 Å². The summed E-state index contributed by atoms with van der Waals surface area (Å²) in [6, 6.07) is 0.445. The molecule has 94 valence electrons. The molecule has 0 saturated carbocycles. The maximum Gasteiger partial charge on any atom is 0.320 e. The average Bonchev–Trinajstić information content (AvgIpc) is 2.71. The summed E-state index contributed by atoms with van der Waals surface area (Å²) in [5, 5.41) is 12.3. The van der Waals surface area contributed by atoms with Crippen LogP contribution in [0.5, 0.6) is 0 Å². The van der Waals surface area contributed by atoms with Gasteiger partial charge < -0.3 is 15.2 Å². The molecule has 5 nitrogen and oxygen atoms in total. The van der Waals surface area contributed by atoms with Crippen LogP contribution < -0.4 is 5.32 Å². The van der Waals surface area contributed by atoms with Crippen molar-refractivity contribution in [2.45, 2.75) is 25.8 Å². The van der Waals surface area contributed by atoms with Crippen molar-refractivity contribution in [1.82, 2.24) is 10.2 Å². The molecule has 2 N–H and O–H groups in total. The maximum absolute atomic E-state index is 11.3. The van der Waals surface area contributed by atoms with Crippen molar-refractivity contribution in [1.29, 1.82) is 0 Å². The zero-order valence-electron chi connectivity index (χ0n) is 9.95. The van der Waals surface area contributed by atoms with E-state index < -0.39 is 0 Å². The third-order valence-corrected chi connectivity index (χ3v) is 2.72. The third-order valence-electron chi connectivity index (χ3n) is 2.72. The predicted molar refractivity (Wildman–Crippen MR) is 61.2 cm³/mol. The third kappa shape index (κ3) is 4.92. The Kier molecular flexibility index (Phi) is 6.37. The Hall–Kier alpha value is -0.650. The zero-order chi connectivity index (χ0) is 11.8. The van der Waals surface area contributed by atoms with Gasteiger partial charge in [0.15, 0.2) is 0 Å². The normalized spacial score (nSPS) is 20.3. The molecule has 1 heterocycles. The topological polar surface area (TPSA) is 61.8 Å². The largest absolute Gasteiger partial charge is 0.465 e. The van der Waals surface area contributed by atoms with Crippen LogP contribution in [0.1, 0.15) is 19.8 Å². The number of aliphatic hydroxyl groups excluding tert-OH is 1. The molecule has 0 aromatic carbocycles. The van der Waals surface area contributed by atoms with E-state index in [-0.39, 0.29) is 19.1 Å². The first-order valence-electron chi connectivity index (χ1n) is 5.98. The van der Waals surface area contributed by atoms with Gasteiger partial charge in [0.2, 0.25) is 0 Å². The SMILES string of the molecule is CCOC(=O)CN(CCO)CC1CCCN1. The molecule has 1 fully saturated rings. The first-order chi connectivity index (χ1) is 7.76. The minimum atomic E-state index is -0.214. The Bertz CT molecular complexity index is 205. The van der Waals surface area contributed by atoms with Crippen molar-refractivity contribution >= 4 is 5.97 Å². The highest BCUT2D eigenvalue weighted by atomic mass is 16.5. The van der Waals surface area contributed by atoms with Crippen LogP contribution in [0.25, 0.3) is 0 Å². The molecule has 0 spiro atoms. The molecule has 1 aliphatic heterocycles. The molecule has 1 aliphatic rings. The zero-order valence-corrected chi connectivity index (χ0v) is 9.95. The van der Waals surface area contributed by atoms with Crippen molar-refractivity contribution < 1.29 is 14.6 Å². The van der Waals surface area contributed by atoms with Gasteiger partial charge in [-0.15, -0.1) is 0 Å². The minimum Gasteiger partial charge on any atom is -0.465 e. The number of nitrogens with one attached hydrogen (secondary N) is 1. The first kappa shape index (κ1) is 13.4. The Morgan fingerprint density at radius 3 is 3.00 bits per heavy atom. The molecular weight excluding hydrogens is 208 g/mol. The molecule has 0 aliphatic carbocycles. The highest BCUT2D eigenvalue weighted by Gasteiger charge is 2.19. The summed E-state index contributed by atoms with van der Waals surface area (Å²) in [6.45, 7) is 4.94. The summed E-state index contributed by atoms with van der Waals surface area (Å²) < 4.78 is 4.90. The number of esters is 1. The van der Waals surface area contributed by atoms with Crippen molar-refractivity contribution in [3.8, 4) is 0 Å². The Morgan fingerprint density at radius 2 is 2.44 bits per heavy atom. The molecular formula is C11H22N2O3. The van der Waals surface area contributed by atoms with Gasteiger partial charge in [0.1, 0.15) is 0 Å². The lowest BCUT2D eigenvalue weighted by Crippen LogP contribution is -2.41. The van der Waals surface area contributed by atoms with Gasteiger partial charge in [0.25, 0.3) is 0 Å². The highest BCUT2D eigenvalue weighted by Crippen LogP contribution is 2.06. The predicted octanol–water partition coefficient (Wildman–Crippen LogP) is -0.404. The van der Waals surface area contributed by atoms with E-state index in [1.165, 1.54) is 6.42 Å². The van der Waals surface area contributed by atoms with Crippen LogP contribution in [0.2, 0.25) is 0 Å². The van der Waals surface area contributed by atoms with Gasteiger partial charge in [0, 0.05) is 19.1 Å². The minimum absolute atomic E-state index is 0.0755. The molecule has 0 bridgehead atoms. The van der Waals surface area contributed by atoms with Crippen LogP contribution in [0.3, 0.4) is 0 Å². The van der Waals surface area contributed by atoms with Gasteiger partial charge in [-0.25, -0.2) is 0 Å². The second-order valence-corrected chi connectivity index (χ2v) is 4.06. The second kappa shape index (κ2) is 7.60. The van der Waals surface area contributed by atoms with Crippen molar-refractivity contribution in [3.05, 3.63) is 0 Å². The number of carbonyl (C=O) groups is 1. The van der Waals surface area contributed by atoms with Crippen molar-refractivity contribution in [3.63, 3.8) is 0 Å². The Balaban J connectivity index is 2.30. The van der Waals surface area contributed by atoms with Crippen LogP contribution in [0.4, 0.5) is 0 Å². The fourth-order valence-electron chi connectivity index (χ4n) is 1.99. The lowest BCUT2D eigenvalue weighted by molar-refractivity contribution is -0.144. The summed E-state index contributed by atoms with van der Waals surface area (Å²) in [4.78, 5) is 13.3. The Morgan fingerprint density at radius 1 is 1.62 bits per heavy atom. The molecule has 5 heteroatoms. The molecule has 1 atom stereocenters. The molecule has 0 aromatic heterocycles. The molecule has 1 rings (SSSR count). The van der Waals surface area contributed by atoms with E-state index >= 15 is 0 Å². The van der Waals surface area contributed by atoms with E-state index in [2.05, 4.69) is 5.32 Å². The van der Waals surface area contributed by atoms with Gasteiger partial charge in [-0.3, -0.25) is 9.69 Å². The smallest absolute Gasteiger partial charge is 0.320 e. The van der Waals surface area contributed by atoms with Gasteiger partial charge in [-0.05, 0) is 26.3 Å². The molecule has 1 saturated heterocycles. The number of carbonyl (C=O) groups excluding carboxylic acids is 1. The summed E-state index contributed by atoms with van der Waals surface area (Å²) in [5.74, 6) is -0.214. The second-order valence-electron chi connectivity index (χ2n) is 4.06. The van der Waals surface area contributed by atoms with E-state index in [1.807, 2.05) is 4.90 Å². The first-order valence-corrected chi connectivity index (χ1v) is 5.98. The van der Waals surface area contributed by atoms with Crippen LogP contribution in [-0.4, -0.2) is 61.4 Å². The van der Waals surface area contributed by atoms with E-state index in [1.54, 1.807) is 6.92 Å². The number of rotatable bonds is 7. The number of hydrogen-bond acceptors (Lipinski definition) is 5. The lowest BCUT2D eigenvalue weighted by atomic mass is 10.2. The van der Waals surface area contributed by atoms with E-state index in [0.29, 0.717) is 19.2 Å². The number of ether oxygens (including phenoxy) is 1. The quantitative estimate of drug-likeness (QED) is 0.583. The van der Waals surface area contributed by atoms with Gasteiger partial charge >= 0.3 is 5.97 Å². The molecule has 0 radical (unpaired) electrons. The average molecular weight is 230 g/mol. The van der Waals surface area contributed by atoms with Gasteiger partial charge in [-0.2, -0.15) is 0 Å². The molecule has 0 aromatic rings. The van der Waals surface area contributed by atoms with E-state index in [4.69, 9.17) is 9.84 Å². The van der Waals surface area contributed by atoms with Crippen LogP contribution >= 0.6 is 0 Å². The lowest BCUT2D eigenvalue weighted by Gasteiger charge is -2.23. The summed E-state index contributed by atoms with van der Waals surface area (Å²) >= 11 is 0. The molecule has 0 amide bonds. The standard InChI is InChI=1S/C11H22N2O3/c1-2-16-11(15)9-13(6-7-14)8-10-4-3-5-12-10/h10,12,14H,2-9H2,1H3. The molecule has 16 heavy (non-hydrogen) atoms. The Labute approximate surface area is 96.8 Å².